The maximum Gasteiger partial charge on any atom is 0.223 e. The number of nitrogens with zero attached hydrogens (tertiary/aromatic N) is 2. The molecule has 0 radical (unpaired) electrons. The number of amides is 1. The van der Waals surface area contributed by atoms with Crippen molar-refractivity contribution >= 4 is 5.91 Å². The van der Waals surface area contributed by atoms with Crippen molar-refractivity contribution in [2.24, 2.45) is 0 Å². The molecule has 5 nitrogen and oxygen atoms in total. The summed E-state index contributed by atoms with van der Waals surface area (Å²) in [5.41, 5.74) is 3.04. The highest BCUT2D eigenvalue weighted by Crippen LogP contribution is 2.32. The molecule has 1 N–H and O–H groups in total. The van der Waals surface area contributed by atoms with Gasteiger partial charge in [-0.3, -0.25) is 9.89 Å². The van der Waals surface area contributed by atoms with E-state index < -0.39 is 0 Å². The number of carbonyl (C=O) groups excluding carboxylic acids is 1. The Kier molecular flexibility index (Phi) is 6.42. The third-order valence-electron chi connectivity index (χ3n) is 5.47. The summed E-state index contributed by atoms with van der Waals surface area (Å²) in [7, 11) is 0. The van der Waals surface area contributed by atoms with Crippen LogP contribution in [0.4, 0.5) is 4.39 Å². The van der Waals surface area contributed by atoms with Gasteiger partial charge in [-0.05, 0) is 43.0 Å². The Labute approximate surface area is 175 Å². The minimum Gasteiger partial charge on any atom is -0.493 e. The fourth-order valence-corrected chi connectivity index (χ4v) is 3.93. The smallest absolute Gasteiger partial charge is 0.223 e. The largest absolute Gasteiger partial charge is 0.493 e. The van der Waals surface area contributed by atoms with Gasteiger partial charge in [0.1, 0.15) is 11.6 Å². The van der Waals surface area contributed by atoms with Crippen LogP contribution in [0.1, 0.15) is 42.3 Å². The number of ether oxygens (including phenoxy) is 1. The van der Waals surface area contributed by atoms with Gasteiger partial charge in [-0.25, -0.2) is 4.39 Å². The minimum absolute atomic E-state index is 0.0300. The predicted octanol–water partition coefficient (Wildman–Crippen LogP) is 4.47. The van der Waals surface area contributed by atoms with Crippen molar-refractivity contribution in [2.45, 2.75) is 38.1 Å². The molecule has 1 atom stereocenters. The van der Waals surface area contributed by atoms with Crippen LogP contribution < -0.4 is 4.74 Å². The molecule has 0 aliphatic carbocycles. The first-order chi connectivity index (χ1) is 14.7. The number of aromatic amines is 1. The van der Waals surface area contributed by atoms with E-state index in [1.54, 1.807) is 12.1 Å². The summed E-state index contributed by atoms with van der Waals surface area (Å²) in [6.07, 6.45) is 3.83. The SMILES string of the molecule is O=C(CCc1ccccc1)N1CCC[C@H]1c1cc(CCOc2cccc(F)c2)[nH]n1. The summed E-state index contributed by atoms with van der Waals surface area (Å²) >= 11 is 0. The van der Waals surface area contributed by atoms with Crippen molar-refractivity contribution in [3.8, 4) is 5.75 Å². The van der Waals surface area contributed by atoms with E-state index >= 15 is 0 Å². The number of aryl methyl sites for hydroxylation is 1. The number of hydrogen-bond donors (Lipinski definition) is 1. The van der Waals surface area contributed by atoms with Gasteiger partial charge in [-0.15, -0.1) is 0 Å². The number of hydrogen-bond acceptors (Lipinski definition) is 3. The molecule has 0 saturated carbocycles. The molecule has 3 aromatic rings. The van der Waals surface area contributed by atoms with Gasteiger partial charge >= 0.3 is 0 Å². The molecule has 0 unspecified atom stereocenters. The molecule has 1 aromatic heterocycles. The van der Waals surface area contributed by atoms with E-state index in [1.165, 1.54) is 17.7 Å². The number of benzene rings is 2. The van der Waals surface area contributed by atoms with Gasteiger partial charge in [0.25, 0.3) is 0 Å². The lowest BCUT2D eigenvalue weighted by molar-refractivity contribution is -0.132. The Bertz CT molecular complexity index is 973. The van der Waals surface area contributed by atoms with Crippen LogP contribution in [-0.4, -0.2) is 34.2 Å². The average molecular weight is 407 g/mol. The van der Waals surface area contributed by atoms with Crippen LogP contribution in [0, 0.1) is 5.82 Å². The van der Waals surface area contributed by atoms with Gasteiger partial charge in [0.15, 0.2) is 0 Å². The third kappa shape index (κ3) is 5.06. The van der Waals surface area contributed by atoms with Gasteiger partial charge in [0.05, 0.1) is 18.3 Å². The van der Waals surface area contributed by atoms with Gasteiger partial charge < -0.3 is 9.64 Å². The third-order valence-corrected chi connectivity index (χ3v) is 5.47. The van der Waals surface area contributed by atoms with Gasteiger partial charge in [0, 0.05) is 31.1 Å². The lowest BCUT2D eigenvalue weighted by Gasteiger charge is -2.23. The molecule has 1 aliphatic heterocycles. The highest BCUT2D eigenvalue weighted by Gasteiger charge is 2.31. The average Bonchev–Trinajstić information content (AvgIpc) is 3.42. The van der Waals surface area contributed by atoms with Crippen molar-refractivity contribution in [3.05, 3.63) is 83.4 Å². The Morgan fingerprint density at radius 3 is 2.83 bits per heavy atom. The van der Waals surface area contributed by atoms with Crippen molar-refractivity contribution in [2.75, 3.05) is 13.2 Å². The number of rotatable bonds is 8. The van der Waals surface area contributed by atoms with Crippen LogP contribution in [0.15, 0.2) is 60.7 Å². The Balaban J connectivity index is 1.30. The maximum absolute atomic E-state index is 13.2. The summed E-state index contributed by atoms with van der Waals surface area (Å²) in [5, 5.41) is 7.51. The highest BCUT2D eigenvalue weighted by atomic mass is 19.1. The molecule has 30 heavy (non-hydrogen) atoms. The second kappa shape index (κ2) is 9.57. The van der Waals surface area contributed by atoms with E-state index in [-0.39, 0.29) is 17.8 Å². The van der Waals surface area contributed by atoms with E-state index in [0.717, 1.165) is 37.2 Å². The number of carbonyl (C=O) groups is 1. The molecule has 0 bridgehead atoms. The molecule has 6 heteroatoms. The topological polar surface area (TPSA) is 58.2 Å². The molecule has 2 heterocycles. The fourth-order valence-electron chi connectivity index (χ4n) is 3.93. The van der Waals surface area contributed by atoms with Crippen molar-refractivity contribution in [1.29, 1.82) is 0 Å². The number of H-pyrrole nitrogens is 1. The molecular formula is C24H26FN3O2. The quantitative estimate of drug-likeness (QED) is 0.600. The molecule has 1 aliphatic rings. The predicted molar refractivity (Wildman–Crippen MR) is 113 cm³/mol. The van der Waals surface area contributed by atoms with Gasteiger partial charge in [-0.1, -0.05) is 36.4 Å². The van der Waals surface area contributed by atoms with E-state index in [9.17, 15) is 9.18 Å². The monoisotopic (exact) mass is 407 g/mol. The zero-order valence-electron chi connectivity index (χ0n) is 16.9. The molecule has 2 aromatic carbocycles. The molecule has 156 valence electrons. The van der Waals surface area contributed by atoms with Crippen LogP contribution >= 0.6 is 0 Å². The van der Waals surface area contributed by atoms with Crippen LogP contribution in [-0.2, 0) is 17.6 Å². The second-order valence-electron chi connectivity index (χ2n) is 7.60. The molecule has 0 spiro atoms. The summed E-state index contributed by atoms with van der Waals surface area (Å²) in [5.74, 6) is 0.385. The van der Waals surface area contributed by atoms with Crippen LogP contribution in [0.5, 0.6) is 5.75 Å². The van der Waals surface area contributed by atoms with E-state index in [2.05, 4.69) is 22.3 Å². The van der Waals surface area contributed by atoms with Gasteiger partial charge in [-0.2, -0.15) is 5.10 Å². The molecule has 1 saturated heterocycles. The summed E-state index contributed by atoms with van der Waals surface area (Å²) in [6.45, 7) is 1.21. The van der Waals surface area contributed by atoms with E-state index in [1.807, 2.05) is 29.2 Å². The Hall–Kier alpha value is -3.15. The number of nitrogens with one attached hydrogen (secondary N) is 1. The standard InChI is InChI=1S/C24H26FN3O2/c25-19-8-4-9-21(16-19)30-15-13-20-17-22(27-26-20)23-10-5-14-28(23)24(29)12-11-18-6-2-1-3-7-18/h1-4,6-9,16-17,23H,5,10-15H2,(H,26,27)/t23-/m0/s1. The number of likely N-dealkylation sites (tertiary alicyclic amines) is 1. The molecule has 1 fully saturated rings. The normalized spacial score (nSPS) is 16.0. The maximum atomic E-state index is 13.2. The lowest BCUT2D eigenvalue weighted by Crippen LogP contribution is -2.30. The summed E-state index contributed by atoms with van der Waals surface area (Å²) in [4.78, 5) is 14.8. The summed E-state index contributed by atoms with van der Waals surface area (Å²) < 4.78 is 18.8. The van der Waals surface area contributed by atoms with E-state index in [4.69, 9.17) is 4.74 Å². The first kappa shape index (κ1) is 20.1. The molecular weight excluding hydrogens is 381 g/mol. The fraction of sp³-hybridized carbons (Fsp3) is 0.333. The van der Waals surface area contributed by atoms with E-state index in [0.29, 0.717) is 25.2 Å². The summed E-state index contributed by atoms with van der Waals surface area (Å²) in [6, 6.07) is 18.3. The zero-order chi connectivity index (χ0) is 20.8. The highest BCUT2D eigenvalue weighted by molar-refractivity contribution is 5.77. The first-order valence-corrected chi connectivity index (χ1v) is 10.4. The second-order valence-corrected chi connectivity index (χ2v) is 7.60. The van der Waals surface area contributed by atoms with Crippen LogP contribution in [0.2, 0.25) is 0 Å². The lowest BCUT2D eigenvalue weighted by atomic mass is 10.1. The van der Waals surface area contributed by atoms with Crippen molar-refractivity contribution in [3.63, 3.8) is 0 Å². The number of aromatic nitrogens is 2. The Morgan fingerprint density at radius 1 is 1.13 bits per heavy atom. The number of halogens is 1. The van der Waals surface area contributed by atoms with Gasteiger partial charge in [0.2, 0.25) is 5.91 Å². The first-order valence-electron chi connectivity index (χ1n) is 10.4. The molecule has 4 rings (SSSR count). The zero-order valence-corrected chi connectivity index (χ0v) is 16.9. The van der Waals surface area contributed by atoms with Crippen LogP contribution in [0.3, 0.4) is 0 Å². The van der Waals surface area contributed by atoms with Crippen molar-refractivity contribution in [1.82, 2.24) is 15.1 Å². The van der Waals surface area contributed by atoms with Crippen molar-refractivity contribution < 1.29 is 13.9 Å². The molecule has 1 amide bonds. The van der Waals surface area contributed by atoms with Crippen LogP contribution in [0.25, 0.3) is 0 Å². The minimum atomic E-state index is -0.311. The Morgan fingerprint density at radius 2 is 2.00 bits per heavy atom.